The number of aryl methyl sites for hydroxylation is 2. The summed E-state index contributed by atoms with van der Waals surface area (Å²) in [5, 5.41) is 0. The van der Waals surface area contributed by atoms with Crippen LogP contribution in [0.4, 0.5) is 0 Å². The van der Waals surface area contributed by atoms with Gasteiger partial charge in [-0.25, -0.2) is 4.98 Å². The van der Waals surface area contributed by atoms with Gasteiger partial charge >= 0.3 is 5.97 Å². The molecule has 0 radical (unpaired) electrons. The first kappa shape index (κ1) is 15.1. The molecule has 0 amide bonds. The van der Waals surface area contributed by atoms with Crippen LogP contribution in [0.15, 0.2) is 36.7 Å². The van der Waals surface area contributed by atoms with Gasteiger partial charge in [-0.1, -0.05) is 12.1 Å². The van der Waals surface area contributed by atoms with E-state index < -0.39 is 0 Å². The summed E-state index contributed by atoms with van der Waals surface area (Å²) >= 11 is 0. The molecule has 5 nitrogen and oxygen atoms in total. The van der Waals surface area contributed by atoms with Crippen molar-refractivity contribution in [2.75, 3.05) is 7.11 Å². The third-order valence-electron chi connectivity index (χ3n) is 3.30. The Labute approximate surface area is 124 Å². The summed E-state index contributed by atoms with van der Waals surface area (Å²) in [6, 6.07) is 7.74. The van der Waals surface area contributed by atoms with Gasteiger partial charge in [0.15, 0.2) is 6.10 Å². The number of hydrogen-bond donors (Lipinski definition) is 0. The monoisotopic (exact) mass is 288 g/mol. The van der Waals surface area contributed by atoms with Gasteiger partial charge in [0.05, 0.1) is 7.11 Å². The van der Waals surface area contributed by atoms with Crippen molar-refractivity contribution in [3.63, 3.8) is 0 Å². The van der Waals surface area contributed by atoms with Crippen LogP contribution in [0, 0.1) is 0 Å². The SMILES string of the molecule is COC(=O)CCc1ccc(OC(C)c2nccn2C)cc1. The zero-order valence-corrected chi connectivity index (χ0v) is 12.6. The van der Waals surface area contributed by atoms with Crippen molar-refractivity contribution >= 4 is 5.97 Å². The standard InChI is InChI=1S/C16H20N2O3/c1-12(16-17-10-11-18(16)2)21-14-7-4-13(5-8-14)6-9-15(19)20-3/h4-5,7-8,10-12H,6,9H2,1-3H3. The topological polar surface area (TPSA) is 53.4 Å². The minimum atomic E-state index is -0.196. The Kier molecular flexibility index (Phi) is 4.98. The van der Waals surface area contributed by atoms with Crippen LogP contribution in [0.2, 0.25) is 0 Å². The van der Waals surface area contributed by atoms with E-state index in [4.69, 9.17) is 4.74 Å². The van der Waals surface area contributed by atoms with Gasteiger partial charge in [0, 0.05) is 25.9 Å². The van der Waals surface area contributed by atoms with E-state index in [9.17, 15) is 4.79 Å². The molecule has 0 saturated heterocycles. The quantitative estimate of drug-likeness (QED) is 0.767. The number of benzene rings is 1. The third kappa shape index (κ3) is 4.08. The Morgan fingerprint density at radius 1 is 1.33 bits per heavy atom. The van der Waals surface area contributed by atoms with E-state index in [0.29, 0.717) is 12.8 Å². The molecule has 0 fully saturated rings. The average Bonchev–Trinajstić information content (AvgIpc) is 2.92. The highest BCUT2D eigenvalue weighted by Gasteiger charge is 2.11. The highest BCUT2D eigenvalue weighted by atomic mass is 16.5. The zero-order chi connectivity index (χ0) is 15.2. The molecule has 1 aromatic heterocycles. The van der Waals surface area contributed by atoms with Crippen LogP contribution in [0.3, 0.4) is 0 Å². The van der Waals surface area contributed by atoms with Gasteiger partial charge in [0.25, 0.3) is 0 Å². The van der Waals surface area contributed by atoms with Crippen LogP contribution >= 0.6 is 0 Å². The second kappa shape index (κ2) is 6.92. The fourth-order valence-electron chi connectivity index (χ4n) is 2.11. The van der Waals surface area contributed by atoms with Gasteiger partial charge in [-0.3, -0.25) is 4.79 Å². The van der Waals surface area contributed by atoms with Crippen molar-refractivity contribution in [1.82, 2.24) is 9.55 Å². The molecule has 0 aliphatic carbocycles. The van der Waals surface area contributed by atoms with Gasteiger partial charge in [0.2, 0.25) is 0 Å². The first-order valence-electron chi connectivity index (χ1n) is 6.89. The fraction of sp³-hybridized carbons (Fsp3) is 0.375. The summed E-state index contributed by atoms with van der Waals surface area (Å²) in [4.78, 5) is 15.4. The first-order chi connectivity index (χ1) is 10.1. The molecular formula is C16H20N2O3. The minimum absolute atomic E-state index is 0.120. The molecule has 1 aromatic carbocycles. The largest absolute Gasteiger partial charge is 0.483 e. The van der Waals surface area contributed by atoms with Crippen molar-refractivity contribution < 1.29 is 14.3 Å². The van der Waals surface area contributed by atoms with E-state index in [1.165, 1.54) is 7.11 Å². The molecule has 0 aliphatic rings. The molecule has 5 heteroatoms. The van der Waals surface area contributed by atoms with Crippen molar-refractivity contribution in [2.24, 2.45) is 7.05 Å². The predicted octanol–water partition coefficient (Wildman–Crippen LogP) is 2.67. The van der Waals surface area contributed by atoms with Crippen LogP contribution in [0.1, 0.15) is 30.8 Å². The lowest BCUT2D eigenvalue weighted by Gasteiger charge is -2.14. The fourth-order valence-corrected chi connectivity index (χ4v) is 2.11. The van der Waals surface area contributed by atoms with E-state index in [-0.39, 0.29) is 12.1 Å². The Balaban J connectivity index is 1.93. The number of aromatic nitrogens is 2. The summed E-state index contributed by atoms with van der Waals surface area (Å²) in [6.07, 6.45) is 4.59. The Morgan fingerprint density at radius 3 is 2.62 bits per heavy atom. The molecule has 2 rings (SSSR count). The van der Waals surface area contributed by atoms with Crippen LogP contribution in [0.5, 0.6) is 5.75 Å². The third-order valence-corrected chi connectivity index (χ3v) is 3.30. The lowest BCUT2D eigenvalue weighted by Crippen LogP contribution is -2.09. The molecule has 2 aromatic rings. The van der Waals surface area contributed by atoms with Crippen molar-refractivity contribution in [3.05, 3.63) is 48.0 Å². The smallest absolute Gasteiger partial charge is 0.305 e. The molecule has 1 unspecified atom stereocenters. The molecular weight excluding hydrogens is 268 g/mol. The number of ether oxygens (including phenoxy) is 2. The maximum Gasteiger partial charge on any atom is 0.305 e. The van der Waals surface area contributed by atoms with Crippen molar-refractivity contribution in [3.8, 4) is 5.75 Å². The highest BCUT2D eigenvalue weighted by Crippen LogP contribution is 2.21. The minimum Gasteiger partial charge on any atom is -0.483 e. The molecule has 1 atom stereocenters. The molecule has 112 valence electrons. The Bertz CT molecular complexity index is 590. The van der Waals surface area contributed by atoms with Gasteiger partial charge in [-0.2, -0.15) is 0 Å². The summed E-state index contributed by atoms with van der Waals surface area (Å²) in [6.45, 7) is 1.97. The van der Waals surface area contributed by atoms with Crippen molar-refractivity contribution in [1.29, 1.82) is 0 Å². The molecule has 0 N–H and O–H groups in total. The number of hydrogen-bond acceptors (Lipinski definition) is 4. The van der Waals surface area contributed by atoms with Crippen molar-refractivity contribution in [2.45, 2.75) is 25.9 Å². The van der Waals surface area contributed by atoms with E-state index in [2.05, 4.69) is 9.72 Å². The number of imidazole rings is 1. The predicted molar refractivity (Wildman–Crippen MR) is 79.0 cm³/mol. The van der Waals surface area contributed by atoms with E-state index >= 15 is 0 Å². The molecule has 0 bridgehead atoms. The maximum absolute atomic E-state index is 11.1. The van der Waals surface area contributed by atoms with Crippen LogP contribution in [-0.4, -0.2) is 22.6 Å². The lowest BCUT2D eigenvalue weighted by atomic mass is 10.1. The maximum atomic E-state index is 11.1. The second-order valence-corrected chi connectivity index (χ2v) is 4.88. The zero-order valence-electron chi connectivity index (χ0n) is 12.6. The Hall–Kier alpha value is -2.30. The van der Waals surface area contributed by atoms with E-state index in [1.807, 2.05) is 49.0 Å². The van der Waals surface area contributed by atoms with Gasteiger partial charge in [-0.15, -0.1) is 0 Å². The summed E-state index contributed by atoms with van der Waals surface area (Å²) in [5.74, 6) is 1.47. The lowest BCUT2D eigenvalue weighted by molar-refractivity contribution is -0.140. The number of carbonyl (C=O) groups excluding carboxylic acids is 1. The number of methoxy groups -OCH3 is 1. The number of esters is 1. The van der Waals surface area contributed by atoms with Gasteiger partial charge in [0.1, 0.15) is 11.6 Å². The molecule has 0 saturated carbocycles. The van der Waals surface area contributed by atoms with Gasteiger partial charge in [-0.05, 0) is 31.0 Å². The van der Waals surface area contributed by atoms with Crippen LogP contribution < -0.4 is 4.74 Å². The van der Waals surface area contributed by atoms with Crippen LogP contribution in [0.25, 0.3) is 0 Å². The first-order valence-corrected chi connectivity index (χ1v) is 6.89. The van der Waals surface area contributed by atoms with Gasteiger partial charge < -0.3 is 14.0 Å². The number of rotatable bonds is 6. The number of nitrogens with zero attached hydrogens (tertiary/aromatic N) is 2. The molecule has 0 aliphatic heterocycles. The summed E-state index contributed by atoms with van der Waals surface area (Å²) in [5.41, 5.74) is 1.08. The molecule has 1 heterocycles. The molecule has 0 spiro atoms. The van der Waals surface area contributed by atoms with E-state index in [1.54, 1.807) is 6.20 Å². The average molecular weight is 288 g/mol. The normalized spacial score (nSPS) is 12.0. The van der Waals surface area contributed by atoms with E-state index in [0.717, 1.165) is 17.1 Å². The van der Waals surface area contributed by atoms with Crippen LogP contribution in [-0.2, 0) is 23.0 Å². The molecule has 21 heavy (non-hydrogen) atoms. The summed E-state index contributed by atoms with van der Waals surface area (Å²) in [7, 11) is 3.34. The number of carbonyl (C=O) groups is 1. The Morgan fingerprint density at radius 2 is 2.05 bits per heavy atom. The highest BCUT2D eigenvalue weighted by molar-refractivity contribution is 5.69. The second-order valence-electron chi connectivity index (χ2n) is 4.88. The summed E-state index contributed by atoms with van der Waals surface area (Å²) < 4.78 is 12.4.